The third-order valence-corrected chi connectivity index (χ3v) is 4.90. The van der Waals surface area contributed by atoms with Crippen molar-refractivity contribution in [3.63, 3.8) is 0 Å². The second-order valence-electron chi connectivity index (χ2n) is 6.39. The summed E-state index contributed by atoms with van der Waals surface area (Å²) in [6, 6.07) is 14.4. The Kier molecular flexibility index (Phi) is 4.83. The summed E-state index contributed by atoms with van der Waals surface area (Å²) < 4.78 is 10.7. The maximum Gasteiger partial charge on any atom is 0.270 e. The molecule has 1 saturated heterocycles. The van der Waals surface area contributed by atoms with Gasteiger partial charge >= 0.3 is 0 Å². The topological polar surface area (TPSA) is 59.1 Å². The van der Waals surface area contributed by atoms with Crippen LogP contribution in [0.5, 0.6) is 11.5 Å². The lowest BCUT2D eigenvalue weighted by atomic mass is 10.0. The molecule has 2 aliphatic heterocycles. The molecule has 0 radical (unpaired) electrons. The predicted molar refractivity (Wildman–Crippen MR) is 109 cm³/mol. The summed E-state index contributed by atoms with van der Waals surface area (Å²) in [4.78, 5) is 29.1. The number of amides is 2. The van der Waals surface area contributed by atoms with Gasteiger partial charge in [-0.15, -0.1) is 0 Å². The predicted octanol–water partition coefficient (Wildman–Crippen LogP) is 3.37. The van der Waals surface area contributed by atoms with E-state index in [-0.39, 0.29) is 23.4 Å². The number of thiocarbonyl (C=S) groups is 1. The molecule has 0 N–H and O–H groups in total. The molecule has 0 atom stereocenters. The van der Waals surface area contributed by atoms with Gasteiger partial charge in [0, 0.05) is 6.54 Å². The van der Waals surface area contributed by atoms with Crippen molar-refractivity contribution in [1.29, 1.82) is 0 Å². The van der Waals surface area contributed by atoms with Gasteiger partial charge in [0.05, 0.1) is 5.69 Å². The smallest absolute Gasteiger partial charge is 0.270 e. The number of fused-ring (bicyclic) bond motifs is 1. The number of nitrogens with zero attached hydrogens (tertiary/aromatic N) is 2. The van der Waals surface area contributed by atoms with Gasteiger partial charge in [-0.25, -0.2) is 0 Å². The lowest BCUT2D eigenvalue weighted by Gasteiger charge is -2.36. The number of hydrogen-bond donors (Lipinski definition) is 0. The van der Waals surface area contributed by atoms with Gasteiger partial charge in [0.15, 0.2) is 16.6 Å². The molecule has 4 rings (SSSR count). The highest BCUT2D eigenvalue weighted by molar-refractivity contribution is 7.80. The minimum Gasteiger partial charge on any atom is -0.454 e. The summed E-state index contributed by atoms with van der Waals surface area (Å²) in [6.45, 7) is 2.56. The molecule has 2 aromatic rings. The Morgan fingerprint density at radius 1 is 1.04 bits per heavy atom. The Balaban J connectivity index is 1.77. The van der Waals surface area contributed by atoms with E-state index in [2.05, 4.69) is 0 Å². The van der Waals surface area contributed by atoms with Gasteiger partial charge in [0.2, 0.25) is 6.79 Å². The molecule has 0 spiro atoms. The first-order chi connectivity index (χ1) is 13.6. The van der Waals surface area contributed by atoms with Crippen LogP contribution in [0.3, 0.4) is 0 Å². The molecule has 2 aromatic carbocycles. The average molecular weight is 394 g/mol. The van der Waals surface area contributed by atoms with Crippen LogP contribution in [0.1, 0.15) is 18.9 Å². The SMILES string of the molecule is CCCN1C(=O)/C(=C\c2ccc3c(c2)OCO3)C(=O)N(c2ccccc2)C1=S. The number of hydrogen-bond acceptors (Lipinski definition) is 5. The minimum absolute atomic E-state index is 0.0600. The van der Waals surface area contributed by atoms with Crippen LogP contribution >= 0.6 is 12.2 Å². The van der Waals surface area contributed by atoms with Crippen LogP contribution in [0.25, 0.3) is 6.08 Å². The fourth-order valence-electron chi connectivity index (χ4n) is 3.17. The number of rotatable bonds is 4. The number of carbonyl (C=O) groups excluding carboxylic acids is 2. The molecule has 1 fully saturated rings. The fourth-order valence-corrected chi connectivity index (χ4v) is 3.53. The van der Waals surface area contributed by atoms with Crippen LogP contribution in [0.15, 0.2) is 54.1 Å². The van der Waals surface area contributed by atoms with Gasteiger partial charge in [-0.3, -0.25) is 19.4 Å². The maximum atomic E-state index is 13.2. The lowest BCUT2D eigenvalue weighted by molar-refractivity contribution is -0.127. The first-order valence-electron chi connectivity index (χ1n) is 8.97. The minimum atomic E-state index is -0.439. The van der Waals surface area contributed by atoms with Crippen molar-refractivity contribution >= 4 is 40.9 Å². The zero-order chi connectivity index (χ0) is 19.7. The van der Waals surface area contributed by atoms with Crippen molar-refractivity contribution in [3.8, 4) is 11.5 Å². The summed E-state index contributed by atoms with van der Waals surface area (Å²) in [7, 11) is 0. The van der Waals surface area contributed by atoms with Crippen molar-refractivity contribution in [1.82, 2.24) is 4.90 Å². The molecule has 28 heavy (non-hydrogen) atoms. The van der Waals surface area contributed by atoms with E-state index in [0.29, 0.717) is 29.3 Å². The van der Waals surface area contributed by atoms with Gasteiger partial charge < -0.3 is 9.47 Å². The molecule has 0 unspecified atom stereocenters. The van der Waals surface area contributed by atoms with Crippen LogP contribution in [0.4, 0.5) is 5.69 Å². The Hall–Kier alpha value is -3.19. The molecule has 0 bridgehead atoms. The Morgan fingerprint density at radius 2 is 1.79 bits per heavy atom. The van der Waals surface area contributed by atoms with E-state index in [1.165, 1.54) is 9.80 Å². The molecule has 2 aliphatic rings. The summed E-state index contributed by atoms with van der Waals surface area (Å²) in [5.41, 5.74) is 1.37. The van der Waals surface area contributed by atoms with E-state index in [4.69, 9.17) is 21.7 Å². The quantitative estimate of drug-likeness (QED) is 0.452. The van der Waals surface area contributed by atoms with Gasteiger partial charge in [0.1, 0.15) is 5.57 Å². The van der Waals surface area contributed by atoms with Gasteiger partial charge in [0.25, 0.3) is 11.8 Å². The van der Waals surface area contributed by atoms with Crippen molar-refractivity contribution in [2.45, 2.75) is 13.3 Å². The second-order valence-corrected chi connectivity index (χ2v) is 6.75. The molecule has 2 amide bonds. The van der Waals surface area contributed by atoms with E-state index < -0.39 is 5.91 Å². The number of anilines is 1. The molecular formula is C21H18N2O4S. The van der Waals surface area contributed by atoms with Crippen LogP contribution in [0, 0.1) is 0 Å². The summed E-state index contributed by atoms with van der Waals surface area (Å²) >= 11 is 5.48. The first kappa shape index (κ1) is 18.2. The molecule has 0 aliphatic carbocycles. The number of carbonyl (C=O) groups is 2. The zero-order valence-electron chi connectivity index (χ0n) is 15.3. The van der Waals surface area contributed by atoms with Gasteiger partial charge in [-0.05, 0) is 54.5 Å². The van der Waals surface area contributed by atoms with E-state index in [1.54, 1.807) is 36.4 Å². The fraction of sp³-hybridized carbons (Fsp3) is 0.190. The summed E-state index contributed by atoms with van der Waals surface area (Å²) in [6.07, 6.45) is 2.30. The van der Waals surface area contributed by atoms with Crippen LogP contribution in [0.2, 0.25) is 0 Å². The van der Waals surface area contributed by atoms with Crippen LogP contribution < -0.4 is 14.4 Å². The first-order valence-corrected chi connectivity index (χ1v) is 9.37. The molecule has 0 aromatic heterocycles. The number of benzene rings is 2. The normalized spacial score (nSPS) is 17.6. The van der Waals surface area contributed by atoms with Crippen LogP contribution in [-0.2, 0) is 9.59 Å². The van der Waals surface area contributed by atoms with E-state index >= 15 is 0 Å². The van der Waals surface area contributed by atoms with Gasteiger partial charge in [-0.2, -0.15) is 0 Å². The standard InChI is InChI=1S/C21H18N2O4S/c1-2-10-22-19(24)16(11-14-8-9-17-18(12-14)27-13-26-17)20(25)23(21(22)28)15-6-4-3-5-7-15/h3-9,11-12H,2,10,13H2,1H3/b16-11+. The highest BCUT2D eigenvalue weighted by Gasteiger charge is 2.39. The lowest BCUT2D eigenvalue weighted by Crippen LogP contribution is -2.56. The molecule has 142 valence electrons. The van der Waals surface area contributed by atoms with E-state index in [0.717, 1.165) is 6.42 Å². The van der Waals surface area contributed by atoms with Crippen molar-refractivity contribution in [2.75, 3.05) is 18.2 Å². The van der Waals surface area contributed by atoms with E-state index in [9.17, 15) is 9.59 Å². The Bertz CT molecular complexity index is 987. The molecule has 6 nitrogen and oxygen atoms in total. The Labute approximate surface area is 168 Å². The number of para-hydroxylation sites is 1. The maximum absolute atomic E-state index is 13.2. The molecular weight excluding hydrogens is 376 g/mol. The third kappa shape index (κ3) is 3.14. The van der Waals surface area contributed by atoms with Gasteiger partial charge in [-0.1, -0.05) is 31.2 Å². The third-order valence-electron chi connectivity index (χ3n) is 4.50. The van der Waals surface area contributed by atoms with Crippen LogP contribution in [-0.4, -0.2) is 35.2 Å². The van der Waals surface area contributed by atoms with Crippen molar-refractivity contribution < 1.29 is 19.1 Å². The Morgan fingerprint density at radius 3 is 2.54 bits per heavy atom. The zero-order valence-corrected chi connectivity index (χ0v) is 16.1. The summed E-state index contributed by atoms with van der Waals surface area (Å²) in [5, 5.41) is 0.200. The van der Waals surface area contributed by atoms with E-state index in [1.807, 2.05) is 25.1 Å². The monoisotopic (exact) mass is 394 g/mol. The average Bonchev–Trinajstić information content (AvgIpc) is 3.17. The summed E-state index contributed by atoms with van der Waals surface area (Å²) in [5.74, 6) is 0.405. The largest absolute Gasteiger partial charge is 0.454 e. The van der Waals surface area contributed by atoms with Crippen molar-refractivity contribution in [3.05, 3.63) is 59.7 Å². The highest BCUT2D eigenvalue weighted by atomic mass is 32.1. The molecule has 2 heterocycles. The number of ether oxygens (including phenoxy) is 2. The highest BCUT2D eigenvalue weighted by Crippen LogP contribution is 2.34. The van der Waals surface area contributed by atoms with Crippen molar-refractivity contribution in [2.24, 2.45) is 0 Å². The molecule has 7 heteroatoms. The second kappa shape index (κ2) is 7.44. The molecule has 0 saturated carbocycles.